The molecule has 0 saturated carbocycles. The van der Waals surface area contributed by atoms with Crippen molar-refractivity contribution in [3.05, 3.63) is 29.1 Å². The van der Waals surface area contributed by atoms with Gasteiger partial charge in [0, 0.05) is 5.56 Å². The summed E-state index contributed by atoms with van der Waals surface area (Å²) < 4.78 is 18.0. The number of carbonyl (C=O) groups is 1. The average molecular weight is 211 g/mol. The van der Waals surface area contributed by atoms with Crippen molar-refractivity contribution in [2.24, 2.45) is 5.73 Å². The minimum atomic E-state index is -0.598. The van der Waals surface area contributed by atoms with E-state index in [1.54, 1.807) is 13.8 Å². The van der Waals surface area contributed by atoms with Gasteiger partial charge in [0.2, 0.25) is 0 Å². The molecule has 2 N–H and O–H groups in total. The smallest absolute Gasteiger partial charge is 0.179 e. The molecule has 0 amide bonds. The van der Waals surface area contributed by atoms with Gasteiger partial charge in [-0.25, -0.2) is 4.39 Å². The lowest BCUT2D eigenvalue weighted by molar-refractivity contribution is 0.0967. The fourth-order valence-electron chi connectivity index (χ4n) is 1.32. The molecule has 3 nitrogen and oxygen atoms in total. The SMILES string of the molecule is COc1cc(C(=O)C(C)N)c(C)cc1F. The summed E-state index contributed by atoms with van der Waals surface area (Å²) in [7, 11) is 1.36. The van der Waals surface area contributed by atoms with Gasteiger partial charge < -0.3 is 10.5 Å². The maximum Gasteiger partial charge on any atom is 0.179 e. The Balaban J connectivity index is 3.24. The Morgan fingerprint density at radius 2 is 2.13 bits per heavy atom. The molecule has 1 unspecified atom stereocenters. The van der Waals surface area contributed by atoms with Gasteiger partial charge in [0.1, 0.15) is 0 Å². The van der Waals surface area contributed by atoms with Gasteiger partial charge in [0.15, 0.2) is 17.3 Å². The van der Waals surface area contributed by atoms with E-state index in [0.29, 0.717) is 11.1 Å². The highest BCUT2D eigenvalue weighted by atomic mass is 19.1. The molecule has 15 heavy (non-hydrogen) atoms. The normalized spacial score (nSPS) is 12.3. The van der Waals surface area contributed by atoms with Crippen LogP contribution in [0.25, 0.3) is 0 Å². The molecule has 1 aromatic rings. The molecule has 1 atom stereocenters. The highest BCUT2D eigenvalue weighted by molar-refractivity contribution is 6.01. The number of methoxy groups -OCH3 is 1. The number of benzene rings is 1. The molecular formula is C11H14FNO2. The predicted molar refractivity (Wildman–Crippen MR) is 55.7 cm³/mol. The molecule has 82 valence electrons. The van der Waals surface area contributed by atoms with E-state index in [0.717, 1.165) is 0 Å². The molecule has 0 aliphatic heterocycles. The maximum absolute atomic E-state index is 13.2. The topological polar surface area (TPSA) is 52.3 Å². The van der Waals surface area contributed by atoms with E-state index in [1.807, 2.05) is 0 Å². The summed E-state index contributed by atoms with van der Waals surface area (Å²) in [5.41, 5.74) is 6.45. The number of Topliss-reactive ketones (excluding diaryl/α,β-unsaturated/α-hetero) is 1. The van der Waals surface area contributed by atoms with Crippen molar-refractivity contribution in [1.29, 1.82) is 0 Å². The van der Waals surface area contributed by atoms with Crippen molar-refractivity contribution in [3.63, 3.8) is 0 Å². The number of rotatable bonds is 3. The van der Waals surface area contributed by atoms with E-state index < -0.39 is 11.9 Å². The van der Waals surface area contributed by atoms with E-state index in [4.69, 9.17) is 10.5 Å². The second kappa shape index (κ2) is 4.40. The first-order chi connectivity index (χ1) is 6.97. The van der Waals surface area contributed by atoms with Crippen LogP contribution >= 0.6 is 0 Å². The summed E-state index contributed by atoms with van der Waals surface area (Å²) >= 11 is 0. The number of hydrogen-bond donors (Lipinski definition) is 1. The standard InChI is InChI=1S/C11H14FNO2/c1-6-4-9(12)10(15-3)5-8(6)11(14)7(2)13/h4-5,7H,13H2,1-3H3. The molecule has 0 aliphatic rings. The summed E-state index contributed by atoms with van der Waals surface area (Å²) in [6.45, 7) is 3.26. The quantitative estimate of drug-likeness (QED) is 0.774. The van der Waals surface area contributed by atoms with Crippen LogP contribution in [0.5, 0.6) is 5.75 Å². The van der Waals surface area contributed by atoms with Crippen molar-refractivity contribution in [3.8, 4) is 5.75 Å². The maximum atomic E-state index is 13.2. The fourth-order valence-corrected chi connectivity index (χ4v) is 1.32. The lowest BCUT2D eigenvalue weighted by Crippen LogP contribution is -2.27. The van der Waals surface area contributed by atoms with Crippen molar-refractivity contribution in [2.45, 2.75) is 19.9 Å². The third kappa shape index (κ3) is 2.33. The van der Waals surface area contributed by atoms with E-state index in [-0.39, 0.29) is 11.5 Å². The molecule has 0 bridgehead atoms. The first kappa shape index (κ1) is 11.7. The van der Waals surface area contributed by atoms with Crippen LogP contribution in [0.15, 0.2) is 12.1 Å². The predicted octanol–water partition coefficient (Wildman–Crippen LogP) is 1.67. The second-order valence-electron chi connectivity index (χ2n) is 3.45. The van der Waals surface area contributed by atoms with E-state index in [1.165, 1.54) is 19.2 Å². The number of nitrogens with two attached hydrogens (primary N) is 1. The third-order valence-electron chi connectivity index (χ3n) is 2.18. The first-order valence-electron chi connectivity index (χ1n) is 4.61. The Morgan fingerprint density at radius 1 is 1.53 bits per heavy atom. The van der Waals surface area contributed by atoms with E-state index >= 15 is 0 Å². The Labute approximate surface area is 88.0 Å². The summed E-state index contributed by atoms with van der Waals surface area (Å²) in [6.07, 6.45) is 0. The molecular weight excluding hydrogens is 197 g/mol. The van der Waals surface area contributed by atoms with Gasteiger partial charge in [-0.15, -0.1) is 0 Å². The monoisotopic (exact) mass is 211 g/mol. The number of carbonyl (C=O) groups excluding carboxylic acids is 1. The van der Waals surface area contributed by atoms with Gasteiger partial charge in [0.25, 0.3) is 0 Å². The highest BCUT2D eigenvalue weighted by Gasteiger charge is 2.16. The van der Waals surface area contributed by atoms with Crippen LogP contribution in [0, 0.1) is 12.7 Å². The highest BCUT2D eigenvalue weighted by Crippen LogP contribution is 2.22. The third-order valence-corrected chi connectivity index (χ3v) is 2.18. The van der Waals surface area contributed by atoms with Gasteiger partial charge in [-0.2, -0.15) is 0 Å². The van der Waals surface area contributed by atoms with E-state index in [2.05, 4.69) is 0 Å². The summed E-state index contributed by atoms with van der Waals surface area (Å²) in [4.78, 5) is 11.6. The van der Waals surface area contributed by atoms with Crippen molar-refractivity contribution >= 4 is 5.78 Å². The van der Waals surface area contributed by atoms with Crippen molar-refractivity contribution in [1.82, 2.24) is 0 Å². The molecule has 0 spiro atoms. The van der Waals surface area contributed by atoms with Crippen LogP contribution in [0.2, 0.25) is 0 Å². The Bertz CT molecular complexity index is 388. The Kier molecular flexibility index (Phi) is 3.42. The summed E-state index contributed by atoms with van der Waals surface area (Å²) in [5.74, 6) is -0.633. The first-order valence-corrected chi connectivity index (χ1v) is 4.61. The lowest BCUT2D eigenvalue weighted by atomic mass is 10.0. The number of halogens is 1. The molecule has 0 aliphatic carbocycles. The minimum absolute atomic E-state index is 0.0598. The summed E-state index contributed by atoms with van der Waals surface area (Å²) in [6, 6.07) is 2.06. The van der Waals surface area contributed by atoms with Crippen LogP contribution in [0.3, 0.4) is 0 Å². The molecule has 0 heterocycles. The lowest BCUT2D eigenvalue weighted by Gasteiger charge is -2.10. The van der Waals surface area contributed by atoms with Crippen LogP contribution in [0.1, 0.15) is 22.8 Å². The zero-order chi connectivity index (χ0) is 11.6. The number of aryl methyl sites for hydroxylation is 1. The average Bonchev–Trinajstić information content (AvgIpc) is 2.17. The van der Waals surface area contributed by atoms with Gasteiger partial charge >= 0.3 is 0 Å². The second-order valence-corrected chi connectivity index (χ2v) is 3.45. The largest absolute Gasteiger partial charge is 0.494 e. The van der Waals surface area contributed by atoms with Crippen molar-refractivity contribution in [2.75, 3.05) is 7.11 Å². The Morgan fingerprint density at radius 3 is 2.60 bits per heavy atom. The van der Waals surface area contributed by atoms with Crippen LogP contribution in [0.4, 0.5) is 4.39 Å². The van der Waals surface area contributed by atoms with Gasteiger partial charge in [0.05, 0.1) is 13.2 Å². The summed E-state index contributed by atoms with van der Waals surface area (Å²) in [5, 5.41) is 0. The zero-order valence-corrected chi connectivity index (χ0v) is 9.00. The molecule has 1 aromatic carbocycles. The van der Waals surface area contributed by atoms with Crippen molar-refractivity contribution < 1.29 is 13.9 Å². The zero-order valence-electron chi connectivity index (χ0n) is 9.00. The van der Waals surface area contributed by atoms with Crippen LogP contribution in [-0.4, -0.2) is 18.9 Å². The molecule has 4 heteroatoms. The van der Waals surface area contributed by atoms with Gasteiger partial charge in [-0.3, -0.25) is 4.79 Å². The van der Waals surface area contributed by atoms with Gasteiger partial charge in [-0.1, -0.05) is 0 Å². The molecule has 0 radical (unpaired) electrons. The molecule has 1 rings (SSSR count). The Hall–Kier alpha value is -1.42. The molecule has 0 saturated heterocycles. The number of ketones is 1. The number of hydrogen-bond acceptors (Lipinski definition) is 3. The minimum Gasteiger partial charge on any atom is -0.494 e. The fraction of sp³-hybridized carbons (Fsp3) is 0.364. The molecule has 0 fully saturated rings. The number of ether oxygens (including phenoxy) is 1. The van der Waals surface area contributed by atoms with Gasteiger partial charge in [-0.05, 0) is 31.5 Å². The van der Waals surface area contributed by atoms with E-state index in [9.17, 15) is 9.18 Å². The van der Waals surface area contributed by atoms with Crippen LogP contribution < -0.4 is 10.5 Å². The molecule has 0 aromatic heterocycles. The van der Waals surface area contributed by atoms with Crippen LogP contribution in [-0.2, 0) is 0 Å².